The van der Waals surface area contributed by atoms with Crippen LogP contribution >= 0.6 is 0 Å². The van der Waals surface area contributed by atoms with Gasteiger partial charge in [0.05, 0.1) is 0 Å². The number of aliphatic imine (C=N–C) groups is 1. The first-order valence-corrected chi connectivity index (χ1v) is 7.16. The van der Waals surface area contributed by atoms with Crippen molar-refractivity contribution in [3.63, 3.8) is 0 Å². The molecule has 1 aliphatic carbocycles. The number of carbonyl (C=O) groups is 2. The number of rotatable bonds is 2. The molecular formula is C15H22N2O3. The largest absolute Gasteiger partial charge is 0.443 e. The Hall–Kier alpha value is -1.65. The van der Waals surface area contributed by atoms with E-state index in [-0.39, 0.29) is 11.8 Å². The molecule has 0 aromatic heterocycles. The molecular weight excluding hydrogens is 256 g/mol. The molecule has 0 saturated heterocycles. The molecule has 110 valence electrons. The van der Waals surface area contributed by atoms with Crippen LogP contribution in [0.4, 0.5) is 4.79 Å². The van der Waals surface area contributed by atoms with E-state index >= 15 is 0 Å². The summed E-state index contributed by atoms with van der Waals surface area (Å²) in [5.74, 6) is 0.393. The van der Waals surface area contributed by atoms with Crippen LogP contribution < -0.4 is 0 Å². The summed E-state index contributed by atoms with van der Waals surface area (Å²) < 4.78 is 5.46. The van der Waals surface area contributed by atoms with Crippen molar-refractivity contribution in [3.8, 4) is 0 Å². The van der Waals surface area contributed by atoms with Gasteiger partial charge >= 0.3 is 6.09 Å². The van der Waals surface area contributed by atoms with Gasteiger partial charge in [-0.1, -0.05) is 12.8 Å². The number of ether oxygens (including phenoxy) is 1. The molecule has 0 spiro atoms. The lowest BCUT2D eigenvalue weighted by Crippen LogP contribution is -2.42. The highest BCUT2D eigenvalue weighted by atomic mass is 16.6. The topological polar surface area (TPSA) is 59.0 Å². The van der Waals surface area contributed by atoms with E-state index in [2.05, 4.69) is 4.99 Å². The summed E-state index contributed by atoms with van der Waals surface area (Å²) >= 11 is 0. The lowest BCUT2D eigenvalue weighted by atomic mass is 10.2. The second-order valence-electron chi connectivity index (χ2n) is 6.27. The zero-order valence-corrected chi connectivity index (χ0v) is 12.4. The molecule has 1 fully saturated rings. The van der Waals surface area contributed by atoms with Crippen LogP contribution in [0.15, 0.2) is 16.9 Å². The monoisotopic (exact) mass is 278 g/mol. The van der Waals surface area contributed by atoms with Crippen LogP contribution in [0.25, 0.3) is 0 Å². The maximum Gasteiger partial charge on any atom is 0.416 e. The molecule has 2 aliphatic rings. The fourth-order valence-corrected chi connectivity index (χ4v) is 2.50. The van der Waals surface area contributed by atoms with Crippen molar-refractivity contribution in [2.45, 2.75) is 64.5 Å². The van der Waals surface area contributed by atoms with E-state index in [9.17, 15) is 9.59 Å². The molecule has 0 aromatic carbocycles. The number of hydrogen-bond donors (Lipinski definition) is 0. The first kappa shape index (κ1) is 14.8. The quantitative estimate of drug-likeness (QED) is 0.780. The van der Waals surface area contributed by atoms with Gasteiger partial charge < -0.3 is 4.74 Å². The van der Waals surface area contributed by atoms with Crippen molar-refractivity contribution in [3.05, 3.63) is 11.9 Å². The molecule has 1 aliphatic heterocycles. The predicted octanol–water partition coefficient (Wildman–Crippen LogP) is 3.05. The Bertz CT molecular complexity index is 454. The van der Waals surface area contributed by atoms with Crippen molar-refractivity contribution in [2.75, 3.05) is 0 Å². The maximum absolute atomic E-state index is 12.4. The first-order valence-electron chi connectivity index (χ1n) is 7.16. The highest BCUT2D eigenvalue weighted by molar-refractivity contribution is 6.01. The molecule has 2 rings (SSSR count). The number of carbonyl (C=O) groups excluding carboxylic acids is 2. The maximum atomic E-state index is 12.4. The van der Waals surface area contributed by atoms with Gasteiger partial charge in [-0.3, -0.25) is 9.69 Å². The van der Waals surface area contributed by atoms with Gasteiger partial charge in [0.1, 0.15) is 11.4 Å². The number of hydrogen-bond acceptors (Lipinski definition) is 4. The third kappa shape index (κ3) is 3.68. The van der Waals surface area contributed by atoms with E-state index in [0.29, 0.717) is 12.2 Å². The van der Waals surface area contributed by atoms with Gasteiger partial charge in [0, 0.05) is 24.8 Å². The van der Waals surface area contributed by atoms with Gasteiger partial charge in [0.2, 0.25) is 0 Å². The van der Waals surface area contributed by atoms with Gasteiger partial charge in [0.25, 0.3) is 0 Å². The molecule has 1 amide bonds. The zero-order chi connectivity index (χ0) is 14.8. The Balaban J connectivity index is 2.22. The summed E-state index contributed by atoms with van der Waals surface area (Å²) in [6.07, 6.45) is 6.94. The van der Waals surface area contributed by atoms with Crippen molar-refractivity contribution in [1.29, 1.82) is 0 Å². The molecule has 1 heterocycles. The molecule has 0 atom stereocenters. The fraction of sp³-hybridized carbons (Fsp3) is 0.667. The van der Waals surface area contributed by atoms with Crippen LogP contribution in [0, 0.1) is 0 Å². The smallest absolute Gasteiger partial charge is 0.416 e. The molecule has 0 bridgehead atoms. The third-order valence-electron chi connectivity index (χ3n) is 3.33. The predicted molar refractivity (Wildman–Crippen MR) is 76.5 cm³/mol. The lowest BCUT2D eigenvalue weighted by Gasteiger charge is -2.32. The van der Waals surface area contributed by atoms with Crippen LogP contribution in [0.5, 0.6) is 0 Å². The van der Waals surface area contributed by atoms with E-state index < -0.39 is 11.7 Å². The third-order valence-corrected chi connectivity index (χ3v) is 3.33. The number of nitrogens with zero attached hydrogens (tertiary/aromatic N) is 2. The highest BCUT2D eigenvalue weighted by Gasteiger charge is 2.33. The van der Waals surface area contributed by atoms with E-state index in [1.54, 1.807) is 11.1 Å². The van der Waals surface area contributed by atoms with Crippen LogP contribution in [-0.2, 0) is 9.53 Å². The van der Waals surface area contributed by atoms with Gasteiger partial charge in [0.15, 0.2) is 5.78 Å². The average molecular weight is 278 g/mol. The van der Waals surface area contributed by atoms with Gasteiger partial charge in [-0.2, -0.15) is 0 Å². The standard InChI is InChI=1S/C15H22N2O3/c1-15(2,3)20-14(19)17(11-6-4-5-7-11)13-10-12(18)8-9-16-13/h9-11H,4-8H2,1-3H3. The van der Waals surface area contributed by atoms with Crippen LogP contribution in [0.2, 0.25) is 0 Å². The SMILES string of the molecule is CC(C)(C)OC(=O)N(C1=CC(=O)CC=N1)C1CCCC1. The summed E-state index contributed by atoms with van der Waals surface area (Å²) in [5, 5.41) is 0. The first-order chi connectivity index (χ1) is 9.37. The Morgan fingerprint density at radius 2 is 2.00 bits per heavy atom. The van der Waals surface area contributed by atoms with E-state index in [1.165, 1.54) is 6.08 Å². The molecule has 0 radical (unpaired) electrons. The van der Waals surface area contributed by atoms with E-state index in [1.807, 2.05) is 20.8 Å². The molecule has 0 aromatic rings. The normalized spacial score (nSPS) is 19.9. The van der Waals surface area contributed by atoms with Crippen molar-refractivity contribution in [2.24, 2.45) is 4.99 Å². The van der Waals surface area contributed by atoms with Gasteiger partial charge in [-0.05, 0) is 33.6 Å². The minimum atomic E-state index is -0.559. The Morgan fingerprint density at radius 3 is 2.55 bits per heavy atom. The van der Waals surface area contributed by atoms with Crippen LogP contribution in [-0.4, -0.2) is 34.6 Å². The van der Waals surface area contributed by atoms with Crippen molar-refractivity contribution < 1.29 is 14.3 Å². The molecule has 1 saturated carbocycles. The summed E-state index contributed by atoms with van der Waals surface area (Å²) in [6, 6.07) is 0.0825. The summed E-state index contributed by atoms with van der Waals surface area (Å²) in [6.45, 7) is 5.50. The number of amides is 1. The van der Waals surface area contributed by atoms with E-state index in [4.69, 9.17) is 4.74 Å². The zero-order valence-electron chi connectivity index (χ0n) is 12.4. The Kier molecular flexibility index (Phi) is 4.26. The minimum absolute atomic E-state index is 0.0263. The Morgan fingerprint density at radius 1 is 1.35 bits per heavy atom. The van der Waals surface area contributed by atoms with Crippen molar-refractivity contribution in [1.82, 2.24) is 4.90 Å². The summed E-state index contributed by atoms with van der Waals surface area (Å²) in [5.41, 5.74) is -0.559. The second kappa shape index (κ2) is 5.77. The van der Waals surface area contributed by atoms with Gasteiger partial charge in [-0.15, -0.1) is 0 Å². The van der Waals surface area contributed by atoms with E-state index in [0.717, 1.165) is 25.7 Å². The molecule has 0 N–H and O–H groups in total. The lowest BCUT2D eigenvalue weighted by molar-refractivity contribution is -0.113. The van der Waals surface area contributed by atoms with Crippen molar-refractivity contribution >= 4 is 18.1 Å². The molecule has 20 heavy (non-hydrogen) atoms. The molecule has 5 nitrogen and oxygen atoms in total. The molecule has 5 heteroatoms. The second-order valence-corrected chi connectivity index (χ2v) is 6.27. The highest BCUT2D eigenvalue weighted by Crippen LogP contribution is 2.29. The fourth-order valence-electron chi connectivity index (χ4n) is 2.50. The molecule has 0 unspecified atom stereocenters. The Labute approximate surface area is 119 Å². The average Bonchev–Trinajstić information content (AvgIpc) is 2.80. The minimum Gasteiger partial charge on any atom is -0.443 e. The number of allylic oxidation sites excluding steroid dienone is 1. The van der Waals surface area contributed by atoms with Crippen LogP contribution in [0.3, 0.4) is 0 Å². The summed E-state index contributed by atoms with van der Waals surface area (Å²) in [7, 11) is 0. The summed E-state index contributed by atoms with van der Waals surface area (Å²) in [4.78, 5) is 29.8. The van der Waals surface area contributed by atoms with Crippen LogP contribution in [0.1, 0.15) is 52.9 Å². The van der Waals surface area contributed by atoms with Gasteiger partial charge in [-0.25, -0.2) is 9.79 Å². The number of ketones is 1.